The molecule has 1 fully saturated rings. The lowest BCUT2D eigenvalue weighted by Crippen LogP contribution is -2.36. The zero-order chi connectivity index (χ0) is 22.7. The minimum Gasteiger partial charge on any atom is -0.490 e. The number of hydrogen-bond donors (Lipinski definition) is 1. The number of anilines is 1. The van der Waals surface area contributed by atoms with E-state index in [2.05, 4.69) is 27.6 Å². The van der Waals surface area contributed by atoms with Gasteiger partial charge >= 0.3 is 0 Å². The van der Waals surface area contributed by atoms with Crippen LogP contribution in [-0.2, 0) is 4.74 Å². The molecule has 0 unspecified atom stereocenters. The van der Waals surface area contributed by atoms with Crippen LogP contribution in [0.1, 0.15) is 15.9 Å². The molecule has 0 spiro atoms. The van der Waals surface area contributed by atoms with Gasteiger partial charge in [0, 0.05) is 18.8 Å². The summed E-state index contributed by atoms with van der Waals surface area (Å²) >= 11 is 0. The van der Waals surface area contributed by atoms with E-state index in [1.165, 1.54) is 0 Å². The monoisotopic (exact) mass is 445 g/mol. The van der Waals surface area contributed by atoms with Gasteiger partial charge in [-0.3, -0.25) is 4.79 Å². The maximum absolute atomic E-state index is 12.6. The molecule has 33 heavy (non-hydrogen) atoms. The number of ether oxygens (including phenoxy) is 3. The van der Waals surface area contributed by atoms with Crippen molar-refractivity contribution in [3.05, 3.63) is 90.0 Å². The van der Waals surface area contributed by atoms with Crippen molar-refractivity contribution in [2.75, 3.05) is 44.4 Å². The van der Waals surface area contributed by atoms with E-state index >= 15 is 0 Å². The first-order valence-electron chi connectivity index (χ1n) is 11.0. The molecule has 7 nitrogen and oxygen atoms in total. The Morgan fingerprint density at radius 3 is 2.39 bits per heavy atom. The molecular weight excluding hydrogens is 418 g/mol. The van der Waals surface area contributed by atoms with Crippen LogP contribution >= 0.6 is 0 Å². The molecule has 0 aromatic heterocycles. The summed E-state index contributed by atoms with van der Waals surface area (Å²) in [7, 11) is 0. The zero-order valence-electron chi connectivity index (χ0n) is 18.4. The van der Waals surface area contributed by atoms with Gasteiger partial charge in [-0.1, -0.05) is 42.5 Å². The number of hydrogen-bond acceptors (Lipinski definition) is 6. The molecule has 1 aliphatic heterocycles. The third kappa shape index (κ3) is 6.57. The zero-order valence-corrected chi connectivity index (χ0v) is 18.4. The molecule has 1 aliphatic rings. The van der Waals surface area contributed by atoms with Gasteiger partial charge in [-0.25, -0.2) is 5.43 Å². The second kappa shape index (κ2) is 11.7. The summed E-state index contributed by atoms with van der Waals surface area (Å²) in [6, 6.07) is 24.6. The number of hydrazone groups is 1. The minimum absolute atomic E-state index is 0.317. The lowest BCUT2D eigenvalue weighted by Gasteiger charge is -2.28. The van der Waals surface area contributed by atoms with E-state index in [1.54, 1.807) is 24.4 Å². The van der Waals surface area contributed by atoms with Crippen molar-refractivity contribution in [1.29, 1.82) is 0 Å². The van der Waals surface area contributed by atoms with Crippen LogP contribution in [0, 0.1) is 0 Å². The van der Waals surface area contributed by atoms with Crippen molar-refractivity contribution in [3.8, 4) is 11.5 Å². The largest absolute Gasteiger partial charge is 0.490 e. The Kier molecular flexibility index (Phi) is 7.92. The van der Waals surface area contributed by atoms with Crippen molar-refractivity contribution in [2.45, 2.75) is 0 Å². The molecule has 3 aromatic rings. The van der Waals surface area contributed by atoms with Gasteiger partial charge in [0.1, 0.15) is 24.7 Å². The molecule has 1 N–H and O–H groups in total. The molecule has 0 saturated carbocycles. The fourth-order valence-corrected chi connectivity index (χ4v) is 3.43. The Bertz CT molecular complexity index is 1050. The fourth-order valence-electron chi connectivity index (χ4n) is 3.43. The first-order valence-corrected chi connectivity index (χ1v) is 11.0. The third-order valence-electron chi connectivity index (χ3n) is 5.13. The summed E-state index contributed by atoms with van der Waals surface area (Å²) in [5, 5.41) is 4.10. The molecule has 0 radical (unpaired) electrons. The first-order chi connectivity index (χ1) is 16.3. The van der Waals surface area contributed by atoms with Gasteiger partial charge in [0.15, 0.2) is 0 Å². The Morgan fingerprint density at radius 2 is 1.61 bits per heavy atom. The van der Waals surface area contributed by atoms with Gasteiger partial charge in [0.05, 0.1) is 25.0 Å². The summed E-state index contributed by atoms with van der Waals surface area (Å²) in [6.45, 7) is 3.98. The van der Waals surface area contributed by atoms with Crippen molar-refractivity contribution in [2.24, 2.45) is 5.10 Å². The summed E-state index contributed by atoms with van der Waals surface area (Å²) in [4.78, 5) is 14.9. The van der Waals surface area contributed by atoms with Crippen LogP contribution in [-0.4, -0.2) is 51.6 Å². The van der Waals surface area contributed by atoms with Crippen LogP contribution in [0.25, 0.3) is 0 Å². The minimum atomic E-state index is -0.337. The molecule has 1 amide bonds. The maximum Gasteiger partial charge on any atom is 0.275 e. The number of morpholine rings is 1. The maximum atomic E-state index is 12.6. The second-order valence-electron chi connectivity index (χ2n) is 7.40. The van der Waals surface area contributed by atoms with Crippen LogP contribution in [0.4, 0.5) is 5.69 Å². The Hall–Kier alpha value is -3.84. The standard InChI is InChI=1S/C26H27N3O4/c30-26(28-27-20-21-10-12-22(13-11-21)29-14-16-31-17-15-29)24-8-4-5-9-25(24)33-19-18-32-23-6-2-1-3-7-23/h1-13,20H,14-19H2,(H,28,30). The topological polar surface area (TPSA) is 72.4 Å². The predicted octanol–water partition coefficient (Wildman–Crippen LogP) is 3.74. The quantitative estimate of drug-likeness (QED) is 0.309. The SMILES string of the molecule is O=C(NN=Cc1ccc(N2CCOCC2)cc1)c1ccccc1OCCOc1ccccc1. The Balaban J connectivity index is 1.28. The number of rotatable bonds is 9. The van der Waals surface area contributed by atoms with E-state index in [1.807, 2.05) is 48.5 Å². The molecular formula is C26H27N3O4. The smallest absolute Gasteiger partial charge is 0.275 e. The molecule has 4 rings (SSSR count). The fraction of sp³-hybridized carbons (Fsp3) is 0.231. The highest BCUT2D eigenvalue weighted by Gasteiger charge is 2.12. The predicted molar refractivity (Wildman–Crippen MR) is 128 cm³/mol. The number of carbonyl (C=O) groups is 1. The molecule has 0 atom stereocenters. The number of amides is 1. The Morgan fingerprint density at radius 1 is 0.909 bits per heavy atom. The van der Waals surface area contributed by atoms with E-state index in [9.17, 15) is 4.79 Å². The highest BCUT2D eigenvalue weighted by atomic mass is 16.5. The molecule has 7 heteroatoms. The second-order valence-corrected chi connectivity index (χ2v) is 7.40. The van der Waals surface area contributed by atoms with Crippen LogP contribution in [0.15, 0.2) is 84.0 Å². The van der Waals surface area contributed by atoms with Crippen LogP contribution in [0.2, 0.25) is 0 Å². The van der Waals surface area contributed by atoms with E-state index in [0.29, 0.717) is 24.5 Å². The van der Waals surface area contributed by atoms with Crippen molar-refractivity contribution >= 4 is 17.8 Å². The van der Waals surface area contributed by atoms with Crippen molar-refractivity contribution in [1.82, 2.24) is 5.43 Å². The lowest BCUT2D eigenvalue weighted by molar-refractivity contribution is 0.0950. The number of benzene rings is 3. The highest BCUT2D eigenvalue weighted by molar-refractivity contribution is 5.97. The van der Waals surface area contributed by atoms with E-state index in [0.717, 1.165) is 43.3 Å². The van der Waals surface area contributed by atoms with Crippen molar-refractivity contribution in [3.63, 3.8) is 0 Å². The van der Waals surface area contributed by atoms with Gasteiger partial charge in [-0.2, -0.15) is 5.10 Å². The van der Waals surface area contributed by atoms with Gasteiger partial charge in [-0.05, 0) is 42.0 Å². The molecule has 3 aromatic carbocycles. The van der Waals surface area contributed by atoms with Crippen LogP contribution in [0.5, 0.6) is 11.5 Å². The molecule has 0 bridgehead atoms. The molecule has 1 heterocycles. The van der Waals surface area contributed by atoms with Crippen molar-refractivity contribution < 1.29 is 19.0 Å². The summed E-state index contributed by atoms with van der Waals surface area (Å²) in [5.41, 5.74) is 5.04. The van der Waals surface area contributed by atoms with Crippen LogP contribution in [0.3, 0.4) is 0 Å². The van der Waals surface area contributed by atoms with Gasteiger partial charge in [0.25, 0.3) is 5.91 Å². The summed E-state index contributed by atoms with van der Waals surface area (Å²) in [5.74, 6) is 0.923. The van der Waals surface area contributed by atoms with E-state index in [4.69, 9.17) is 14.2 Å². The number of nitrogens with zero attached hydrogens (tertiary/aromatic N) is 2. The van der Waals surface area contributed by atoms with E-state index < -0.39 is 0 Å². The number of carbonyl (C=O) groups excluding carboxylic acids is 1. The number of nitrogens with one attached hydrogen (secondary N) is 1. The normalized spacial score (nSPS) is 13.6. The molecule has 0 aliphatic carbocycles. The van der Waals surface area contributed by atoms with Gasteiger partial charge in [-0.15, -0.1) is 0 Å². The van der Waals surface area contributed by atoms with Gasteiger partial charge < -0.3 is 19.1 Å². The number of para-hydroxylation sites is 2. The summed E-state index contributed by atoms with van der Waals surface area (Å²) in [6.07, 6.45) is 1.62. The Labute approximate surface area is 193 Å². The highest BCUT2D eigenvalue weighted by Crippen LogP contribution is 2.18. The molecule has 1 saturated heterocycles. The lowest BCUT2D eigenvalue weighted by atomic mass is 10.2. The van der Waals surface area contributed by atoms with E-state index in [-0.39, 0.29) is 5.91 Å². The first kappa shape index (κ1) is 22.4. The third-order valence-corrected chi connectivity index (χ3v) is 5.13. The average Bonchev–Trinajstić information content (AvgIpc) is 2.88. The average molecular weight is 446 g/mol. The van der Waals surface area contributed by atoms with Gasteiger partial charge in [0.2, 0.25) is 0 Å². The molecule has 170 valence electrons. The summed E-state index contributed by atoms with van der Waals surface area (Å²) < 4.78 is 16.8. The van der Waals surface area contributed by atoms with Crippen LogP contribution < -0.4 is 19.8 Å².